The number of nitrogens with one attached hydrogen (secondary N) is 5. The van der Waals surface area contributed by atoms with Crippen molar-refractivity contribution in [2.24, 2.45) is 5.73 Å². The van der Waals surface area contributed by atoms with Crippen LogP contribution in [0.25, 0.3) is 0 Å². The fourth-order valence-corrected chi connectivity index (χ4v) is 4.55. The Bertz CT molecular complexity index is 1490. The minimum absolute atomic E-state index is 0.104. The third-order valence-corrected chi connectivity index (χ3v) is 6.79. The highest BCUT2D eigenvalue weighted by Crippen LogP contribution is 2.33. The highest BCUT2D eigenvalue weighted by atomic mass is 32.2. The lowest BCUT2D eigenvalue weighted by molar-refractivity contribution is -0.122. The molecule has 3 aromatic carbocycles. The van der Waals surface area contributed by atoms with Crippen molar-refractivity contribution in [2.75, 3.05) is 17.2 Å². The van der Waals surface area contributed by atoms with Crippen LogP contribution in [0.3, 0.4) is 0 Å². The van der Waals surface area contributed by atoms with E-state index in [9.17, 15) is 18.0 Å². The number of hydrogen-bond donors (Lipinski definition) is 6. The van der Waals surface area contributed by atoms with Gasteiger partial charge in [-0.25, -0.2) is 8.42 Å². The summed E-state index contributed by atoms with van der Waals surface area (Å²) in [6, 6.07) is 15.9. The first-order chi connectivity index (χ1) is 19.4. The first-order valence-corrected chi connectivity index (χ1v) is 14.2. The minimum atomic E-state index is -4.15. The number of nitrogen functional groups attached to an aromatic ring is 1. The summed E-state index contributed by atoms with van der Waals surface area (Å²) >= 11 is 0. The fourth-order valence-electron chi connectivity index (χ4n) is 3.71. The number of carbonyl (C=O) groups excluding carboxylic acids is 2. The smallest absolute Gasteiger partial charge is 0.262 e. The van der Waals surface area contributed by atoms with Crippen molar-refractivity contribution in [2.45, 2.75) is 44.7 Å². The molecule has 0 aliphatic rings. The second-order valence-corrected chi connectivity index (χ2v) is 10.9. The van der Waals surface area contributed by atoms with E-state index in [1.54, 1.807) is 42.5 Å². The van der Waals surface area contributed by atoms with Crippen LogP contribution in [0, 0.1) is 5.41 Å². The Labute approximate surface area is 239 Å². The average molecular weight is 583 g/mol. The lowest BCUT2D eigenvalue weighted by atomic mass is 10.0. The molecule has 0 spiro atoms. The van der Waals surface area contributed by atoms with Crippen LogP contribution in [0.1, 0.15) is 44.9 Å². The Morgan fingerprint density at radius 2 is 1.59 bits per heavy atom. The molecule has 0 aliphatic heterocycles. The molecule has 0 radical (unpaired) electrons. The normalized spacial score (nSPS) is 11.8. The van der Waals surface area contributed by atoms with Gasteiger partial charge in [0.25, 0.3) is 15.9 Å². The highest BCUT2D eigenvalue weighted by molar-refractivity contribution is 7.89. The summed E-state index contributed by atoms with van der Waals surface area (Å²) in [7, 11) is -4.15. The van der Waals surface area contributed by atoms with E-state index >= 15 is 0 Å². The Morgan fingerprint density at radius 1 is 0.951 bits per heavy atom. The van der Waals surface area contributed by atoms with Gasteiger partial charge in [-0.15, -0.1) is 4.83 Å². The third-order valence-electron chi connectivity index (χ3n) is 5.53. The van der Waals surface area contributed by atoms with Gasteiger partial charge in [-0.3, -0.25) is 20.4 Å². The number of amides is 2. The van der Waals surface area contributed by atoms with E-state index in [1.165, 1.54) is 31.2 Å². The van der Waals surface area contributed by atoms with Gasteiger partial charge in [0.2, 0.25) is 5.91 Å². The number of sulfonamides is 1. The third kappa shape index (κ3) is 8.68. The van der Waals surface area contributed by atoms with E-state index in [0.29, 0.717) is 40.6 Å². The standard InChI is InChI=1S/C28H34N6O6S/c1-5-39-25-16-20(8-15-24(25)40-17(2)3)26(32-22-9-6-19(7-10-22)27(29)30)28(36)33-34-41(37,38)23-13-11-21(12-14-23)31-18(4)35/h6-17,26,32,34H,5H2,1-4H3,(H3,29,30)(H,31,35)(H,33,36). The molecule has 0 fully saturated rings. The van der Waals surface area contributed by atoms with E-state index in [4.69, 9.17) is 20.6 Å². The molecule has 0 saturated carbocycles. The largest absolute Gasteiger partial charge is 0.490 e. The van der Waals surface area contributed by atoms with Gasteiger partial charge in [-0.05, 0) is 87.0 Å². The van der Waals surface area contributed by atoms with Crippen molar-refractivity contribution in [1.82, 2.24) is 10.3 Å². The Kier molecular flexibility index (Phi) is 10.3. The van der Waals surface area contributed by atoms with Crippen LogP contribution in [0.5, 0.6) is 11.5 Å². The zero-order chi connectivity index (χ0) is 30.2. The van der Waals surface area contributed by atoms with Crippen molar-refractivity contribution in [3.63, 3.8) is 0 Å². The van der Waals surface area contributed by atoms with Crippen molar-refractivity contribution in [3.05, 3.63) is 77.9 Å². The van der Waals surface area contributed by atoms with Crippen LogP contribution in [-0.4, -0.2) is 38.8 Å². The van der Waals surface area contributed by atoms with Crippen molar-refractivity contribution in [1.29, 1.82) is 5.41 Å². The molecule has 12 nitrogen and oxygen atoms in total. The van der Waals surface area contributed by atoms with Gasteiger partial charge in [0.05, 0.1) is 17.6 Å². The monoisotopic (exact) mass is 582 g/mol. The Morgan fingerprint density at radius 3 is 2.15 bits per heavy atom. The van der Waals surface area contributed by atoms with Crippen molar-refractivity contribution < 1.29 is 27.5 Å². The summed E-state index contributed by atoms with van der Waals surface area (Å²) in [6.45, 7) is 7.28. The summed E-state index contributed by atoms with van der Waals surface area (Å²) in [5.41, 5.74) is 9.74. The Hall–Kier alpha value is -4.62. The molecular formula is C28H34N6O6S. The lowest BCUT2D eigenvalue weighted by Crippen LogP contribution is -2.45. The van der Waals surface area contributed by atoms with Gasteiger partial charge >= 0.3 is 0 Å². The molecule has 1 unspecified atom stereocenters. The van der Waals surface area contributed by atoms with Gasteiger partial charge in [-0.1, -0.05) is 6.07 Å². The van der Waals surface area contributed by atoms with Crippen molar-refractivity contribution in [3.8, 4) is 11.5 Å². The van der Waals surface area contributed by atoms with Gasteiger partial charge in [-0.2, -0.15) is 0 Å². The van der Waals surface area contributed by atoms with E-state index in [2.05, 4.69) is 20.9 Å². The number of amidine groups is 1. The van der Waals surface area contributed by atoms with Crippen LogP contribution in [0.15, 0.2) is 71.6 Å². The van der Waals surface area contributed by atoms with Gasteiger partial charge in [0.1, 0.15) is 11.9 Å². The van der Waals surface area contributed by atoms with Crippen LogP contribution in [0.4, 0.5) is 11.4 Å². The zero-order valence-electron chi connectivity index (χ0n) is 23.1. The fraction of sp³-hybridized carbons (Fsp3) is 0.250. The van der Waals surface area contributed by atoms with E-state index in [1.807, 2.05) is 20.8 Å². The number of hydrogen-bond acceptors (Lipinski definition) is 8. The van der Waals surface area contributed by atoms with Crippen LogP contribution >= 0.6 is 0 Å². The first kappa shape index (κ1) is 30.9. The molecule has 0 saturated heterocycles. The number of benzene rings is 3. The molecule has 13 heteroatoms. The number of anilines is 2. The summed E-state index contributed by atoms with van der Waals surface area (Å²) in [5.74, 6) is -0.188. The number of hydrazine groups is 1. The highest BCUT2D eigenvalue weighted by Gasteiger charge is 2.25. The van der Waals surface area contributed by atoms with Gasteiger partial charge in [0.15, 0.2) is 11.5 Å². The van der Waals surface area contributed by atoms with E-state index in [-0.39, 0.29) is 22.7 Å². The molecule has 218 valence electrons. The maximum absolute atomic E-state index is 13.4. The molecule has 1 atom stereocenters. The van der Waals surface area contributed by atoms with E-state index in [0.717, 1.165) is 0 Å². The van der Waals surface area contributed by atoms with Gasteiger partial charge in [0, 0.05) is 23.9 Å². The van der Waals surface area contributed by atoms with Crippen LogP contribution in [0.2, 0.25) is 0 Å². The van der Waals surface area contributed by atoms with E-state index < -0.39 is 22.0 Å². The first-order valence-electron chi connectivity index (χ1n) is 12.7. The summed E-state index contributed by atoms with van der Waals surface area (Å²) in [5, 5.41) is 13.2. The average Bonchev–Trinajstić information content (AvgIpc) is 2.91. The SMILES string of the molecule is CCOc1cc(C(Nc2ccc(C(=N)N)cc2)C(=O)NNS(=O)(=O)c2ccc(NC(C)=O)cc2)ccc1OC(C)C. The minimum Gasteiger partial charge on any atom is -0.490 e. The summed E-state index contributed by atoms with van der Waals surface area (Å²) < 4.78 is 37.3. The number of ether oxygens (including phenoxy) is 2. The molecule has 0 aromatic heterocycles. The molecule has 3 aromatic rings. The Balaban J connectivity index is 1.89. The molecule has 41 heavy (non-hydrogen) atoms. The number of nitrogens with two attached hydrogens (primary N) is 1. The second kappa shape index (κ2) is 13.6. The van der Waals surface area contributed by atoms with Gasteiger partial charge < -0.3 is 25.8 Å². The quantitative estimate of drug-likeness (QED) is 0.101. The maximum atomic E-state index is 13.4. The molecule has 2 amide bonds. The molecule has 7 N–H and O–H groups in total. The van der Waals surface area contributed by atoms with Crippen LogP contribution < -0.4 is 36.1 Å². The second-order valence-electron chi connectivity index (χ2n) is 9.17. The summed E-state index contributed by atoms with van der Waals surface area (Å²) in [6.07, 6.45) is -0.112. The predicted octanol–water partition coefficient (Wildman–Crippen LogP) is 3.28. The number of carbonyl (C=O) groups is 2. The van der Waals surface area contributed by atoms with Crippen LogP contribution in [-0.2, 0) is 19.6 Å². The zero-order valence-corrected chi connectivity index (χ0v) is 24.0. The maximum Gasteiger partial charge on any atom is 0.262 e. The van der Waals surface area contributed by atoms with Crippen molar-refractivity contribution >= 4 is 39.0 Å². The predicted molar refractivity (Wildman–Crippen MR) is 156 cm³/mol. The molecule has 0 bridgehead atoms. The summed E-state index contributed by atoms with van der Waals surface area (Å²) in [4.78, 5) is 26.7. The number of rotatable bonds is 13. The molecular weight excluding hydrogens is 548 g/mol. The lowest BCUT2D eigenvalue weighted by Gasteiger charge is -2.22. The molecule has 3 rings (SSSR count). The topological polar surface area (TPSA) is 185 Å². The molecule has 0 heterocycles. The molecule has 0 aliphatic carbocycles.